The lowest BCUT2D eigenvalue weighted by Gasteiger charge is -2.28. The van der Waals surface area contributed by atoms with Crippen LogP contribution >= 0.6 is 24.0 Å². The molecule has 0 aliphatic carbocycles. The van der Waals surface area contributed by atoms with Gasteiger partial charge < -0.3 is 4.90 Å². The maximum absolute atomic E-state index is 11.7. The van der Waals surface area contributed by atoms with E-state index in [2.05, 4.69) is 10.4 Å². The molecule has 1 aliphatic rings. The van der Waals surface area contributed by atoms with Gasteiger partial charge >= 0.3 is 0 Å². The summed E-state index contributed by atoms with van der Waals surface area (Å²) < 4.78 is 0. The van der Waals surface area contributed by atoms with Gasteiger partial charge in [0.05, 0.1) is 12.0 Å². The fraction of sp³-hybridized carbons (Fsp3) is 0.533. The molecule has 4 nitrogen and oxygen atoms in total. The van der Waals surface area contributed by atoms with Crippen LogP contribution in [0.4, 0.5) is 0 Å². The Morgan fingerprint density at radius 1 is 1.24 bits per heavy atom. The molecule has 1 heterocycles. The zero-order chi connectivity index (χ0) is 14.2. The summed E-state index contributed by atoms with van der Waals surface area (Å²) in [7, 11) is 0. The smallest absolute Gasteiger partial charge is 0.274 e. The average Bonchev–Trinajstić information content (AvgIpc) is 2.49. The van der Waals surface area contributed by atoms with Crippen molar-refractivity contribution in [2.45, 2.75) is 24.6 Å². The molecule has 0 spiro atoms. The lowest BCUT2D eigenvalue weighted by Crippen LogP contribution is -2.37. The van der Waals surface area contributed by atoms with Crippen LogP contribution in [-0.2, 0) is 4.84 Å². The molecule has 2 rings (SSSR count). The Labute approximate surface area is 137 Å². The molecule has 1 N–H and O–H groups in total. The summed E-state index contributed by atoms with van der Waals surface area (Å²) >= 11 is 6.23. The molecule has 1 saturated heterocycles. The number of likely N-dealkylation sites (tertiary alicyclic amines) is 1. The lowest BCUT2D eigenvalue weighted by molar-refractivity contribution is 0.0284. The second kappa shape index (κ2) is 10.0. The number of halogens is 2. The van der Waals surface area contributed by atoms with Crippen molar-refractivity contribution in [1.82, 2.24) is 10.4 Å². The van der Waals surface area contributed by atoms with Gasteiger partial charge in [0.25, 0.3) is 5.91 Å². The number of benzene rings is 1. The third-order valence-electron chi connectivity index (χ3n) is 3.37. The number of hydrogen-bond donors (Lipinski definition) is 1. The molecule has 1 aliphatic heterocycles. The largest absolute Gasteiger partial charge is 0.302 e. The minimum Gasteiger partial charge on any atom is -0.302 e. The van der Waals surface area contributed by atoms with E-state index < -0.39 is 0 Å². The Hall–Kier alpha value is -0.810. The van der Waals surface area contributed by atoms with Gasteiger partial charge in [-0.3, -0.25) is 9.63 Å². The van der Waals surface area contributed by atoms with Crippen molar-refractivity contribution in [3.8, 4) is 0 Å². The van der Waals surface area contributed by atoms with Crippen molar-refractivity contribution in [2.75, 3.05) is 26.2 Å². The predicted molar refractivity (Wildman–Crippen MR) is 87.0 cm³/mol. The molecule has 1 aromatic carbocycles. The summed E-state index contributed by atoms with van der Waals surface area (Å²) in [4.78, 5) is 19.3. The van der Waals surface area contributed by atoms with E-state index in [1.165, 1.54) is 19.3 Å². The Kier molecular flexibility index (Phi) is 8.69. The Morgan fingerprint density at radius 2 is 1.90 bits per heavy atom. The molecule has 1 amide bonds. The third kappa shape index (κ3) is 6.66. The Balaban J connectivity index is 0.00000220. The predicted octanol–water partition coefficient (Wildman–Crippen LogP) is 2.86. The first-order valence-corrected chi connectivity index (χ1v) is 7.53. The lowest BCUT2D eigenvalue weighted by atomic mass is 10.1. The van der Waals surface area contributed by atoms with E-state index in [0.717, 1.165) is 19.6 Å². The topological polar surface area (TPSA) is 41.6 Å². The van der Waals surface area contributed by atoms with Crippen LogP contribution in [0.15, 0.2) is 30.3 Å². The van der Waals surface area contributed by atoms with Crippen molar-refractivity contribution in [3.63, 3.8) is 0 Å². The number of carbonyl (C=O) groups is 1. The molecule has 6 heteroatoms. The summed E-state index contributed by atoms with van der Waals surface area (Å²) in [5.74, 6) is -0.243. The molecule has 0 bridgehead atoms. The summed E-state index contributed by atoms with van der Waals surface area (Å²) in [5, 5.41) is -0.107. The van der Waals surface area contributed by atoms with Gasteiger partial charge in [0.15, 0.2) is 0 Å². The van der Waals surface area contributed by atoms with E-state index in [1.807, 2.05) is 18.2 Å². The molecular weight excluding hydrogens is 311 g/mol. The number of nitrogens with one attached hydrogen (secondary N) is 1. The highest BCUT2D eigenvalue weighted by atomic mass is 35.5. The first-order valence-electron chi connectivity index (χ1n) is 7.09. The van der Waals surface area contributed by atoms with Crippen molar-refractivity contribution < 1.29 is 9.63 Å². The number of carbonyl (C=O) groups excluding carboxylic acids is 1. The standard InChI is InChI=1S/C15H21ClN2O2.ClH/c16-14(11-18-9-5-2-6-10-18)12-20-17-15(19)13-7-3-1-4-8-13;/h1,3-4,7-8,14H,2,5-6,9-12H2,(H,17,19);1H. The minimum atomic E-state index is -0.243. The van der Waals surface area contributed by atoms with Crippen LogP contribution < -0.4 is 5.48 Å². The van der Waals surface area contributed by atoms with E-state index in [-0.39, 0.29) is 23.7 Å². The molecule has 1 atom stereocenters. The number of alkyl halides is 1. The highest BCUT2D eigenvalue weighted by Gasteiger charge is 2.15. The monoisotopic (exact) mass is 332 g/mol. The number of rotatable bonds is 6. The number of piperidine rings is 1. The first-order chi connectivity index (χ1) is 9.75. The van der Waals surface area contributed by atoms with Crippen molar-refractivity contribution in [1.29, 1.82) is 0 Å². The third-order valence-corrected chi connectivity index (χ3v) is 3.63. The fourth-order valence-electron chi connectivity index (χ4n) is 2.32. The van der Waals surface area contributed by atoms with Gasteiger partial charge in [-0.2, -0.15) is 0 Å². The second-order valence-corrected chi connectivity index (χ2v) is 5.68. The number of amides is 1. The van der Waals surface area contributed by atoms with Gasteiger partial charge in [-0.25, -0.2) is 5.48 Å². The molecule has 21 heavy (non-hydrogen) atoms. The van der Waals surface area contributed by atoms with Crippen molar-refractivity contribution in [2.24, 2.45) is 0 Å². The molecule has 0 aromatic heterocycles. The van der Waals surface area contributed by atoms with Crippen LogP contribution in [0, 0.1) is 0 Å². The van der Waals surface area contributed by atoms with Crippen molar-refractivity contribution >= 4 is 29.9 Å². The zero-order valence-electron chi connectivity index (χ0n) is 12.0. The number of hydroxylamine groups is 1. The number of nitrogens with zero attached hydrogens (tertiary/aromatic N) is 1. The van der Waals surface area contributed by atoms with Gasteiger partial charge in [-0.05, 0) is 38.1 Å². The first kappa shape index (κ1) is 18.2. The maximum Gasteiger partial charge on any atom is 0.274 e. The van der Waals surface area contributed by atoms with Crippen LogP contribution in [0.25, 0.3) is 0 Å². The van der Waals surface area contributed by atoms with Gasteiger partial charge in [-0.1, -0.05) is 24.6 Å². The minimum absolute atomic E-state index is 0. The molecule has 0 radical (unpaired) electrons. The van der Waals surface area contributed by atoms with Crippen LogP contribution in [-0.4, -0.2) is 42.4 Å². The van der Waals surface area contributed by atoms with Crippen molar-refractivity contribution in [3.05, 3.63) is 35.9 Å². The molecule has 118 valence electrons. The average molecular weight is 333 g/mol. The van der Waals surface area contributed by atoms with E-state index in [0.29, 0.717) is 12.2 Å². The highest BCUT2D eigenvalue weighted by Crippen LogP contribution is 2.10. The quantitative estimate of drug-likeness (QED) is 0.643. The van der Waals surface area contributed by atoms with Crippen LogP contribution in [0.1, 0.15) is 29.6 Å². The van der Waals surface area contributed by atoms with E-state index in [1.54, 1.807) is 12.1 Å². The Bertz CT molecular complexity index is 411. The van der Waals surface area contributed by atoms with Gasteiger partial charge in [0.2, 0.25) is 0 Å². The van der Waals surface area contributed by atoms with E-state index in [4.69, 9.17) is 16.4 Å². The van der Waals surface area contributed by atoms with Gasteiger partial charge in [0.1, 0.15) is 0 Å². The summed E-state index contributed by atoms with van der Waals surface area (Å²) in [6.07, 6.45) is 3.80. The summed E-state index contributed by atoms with van der Waals surface area (Å²) in [6.45, 7) is 3.35. The summed E-state index contributed by atoms with van der Waals surface area (Å²) in [5.41, 5.74) is 3.00. The van der Waals surface area contributed by atoms with E-state index in [9.17, 15) is 4.79 Å². The van der Waals surface area contributed by atoms with Gasteiger partial charge in [0, 0.05) is 12.1 Å². The highest BCUT2D eigenvalue weighted by molar-refractivity contribution is 6.20. The van der Waals surface area contributed by atoms with Crippen LogP contribution in [0.2, 0.25) is 0 Å². The van der Waals surface area contributed by atoms with Gasteiger partial charge in [-0.15, -0.1) is 24.0 Å². The van der Waals surface area contributed by atoms with Crippen LogP contribution in [0.5, 0.6) is 0 Å². The normalized spacial score (nSPS) is 16.8. The molecule has 0 saturated carbocycles. The SMILES string of the molecule is Cl.O=C(NOCC(Cl)CN1CCCCC1)c1ccccc1. The van der Waals surface area contributed by atoms with Crippen LogP contribution in [0.3, 0.4) is 0 Å². The molecule has 1 unspecified atom stereocenters. The molecule has 1 fully saturated rings. The molecule has 1 aromatic rings. The fourth-order valence-corrected chi connectivity index (χ4v) is 2.58. The zero-order valence-corrected chi connectivity index (χ0v) is 13.5. The second-order valence-electron chi connectivity index (χ2n) is 5.07. The summed E-state index contributed by atoms with van der Waals surface area (Å²) in [6, 6.07) is 8.98. The number of hydrogen-bond acceptors (Lipinski definition) is 3. The maximum atomic E-state index is 11.7. The van der Waals surface area contributed by atoms with E-state index >= 15 is 0 Å². The molecular formula is C15H22Cl2N2O2. The Morgan fingerprint density at radius 3 is 2.57 bits per heavy atom.